The lowest BCUT2D eigenvalue weighted by Crippen LogP contribution is -2.19. The first-order valence-corrected chi connectivity index (χ1v) is 4.43. The second-order valence-corrected chi connectivity index (χ2v) is 3.08. The molecule has 2 rings (SSSR count). The van der Waals surface area contributed by atoms with Gasteiger partial charge in [-0.15, -0.1) is 13.2 Å². The summed E-state index contributed by atoms with van der Waals surface area (Å²) in [4.78, 5) is 11.1. The second kappa shape index (κ2) is 4.13. The van der Waals surface area contributed by atoms with Crippen molar-refractivity contribution in [3.05, 3.63) is 34.5 Å². The van der Waals surface area contributed by atoms with Crippen LogP contribution in [0.3, 0.4) is 0 Å². The summed E-state index contributed by atoms with van der Waals surface area (Å²) >= 11 is 0. The predicted molar refractivity (Wildman–Crippen MR) is 48.6 cm³/mol. The van der Waals surface area contributed by atoms with Gasteiger partial charge in [-0.1, -0.05) is 0 Å². The van der Waals surface area contributed by atoms with E-state index >= 15 is 0 Å². The number of halogens is 4. The van der Waals surface area contributed by atoms with E-state index < -0.39 is 23.6 Å². The molecule has 0 saturated heterocycles. The molecule has 0 aliphatic rings. The summed E-state index contributed by atoms with van der Waals surface area (Å²) in [5.74, 6) is -2.28. The van der Waals surface area contributed by atoms with Crippen LogP contribution in [-0.2, 0) is 0 Å². The van der Waals surface area contributed by atoms with Crippen LogP contribution in [0, 0.1) is 5.82 Å². The van der Waals surface area contributed by atoms with E-state index in [2.05, 4.69) is 15.2 Å². The molecular formula is C8H4F4N4O2. The number of H-pyrrole nitrogens is 1. The molecule has 0 amide bonds. The first-order valence-electron chi connectivity index (χ1n) is 4.43. The van der Waals surface area contributed by atoms with Crippen LogP contribution in [0.25, 0.3) is 5.69 Å². The average Bonchev–Trinajstić information content (AvgIpc) is 2.66. The van der Waals surface area contributed by atoms with Crippen molar-refractivity contribution in [2.24, 2.45) is 0 Å². The predicted octanol–water partition coefficient (Wildman–Crippen LogP) is 0.993. The van der Waals surface area contributed by atoms with Gasteiger partial charge in [-0.2, -0.15) is 4.68 Å². The van der Waals surface area contributed by atoms with E-state index in [1.807, 2.05) is 5.10 Å². The smallest absolute Gasteiger partial charge is 0.403 e. The van der Waals surface area contributed by atoms with Crippen LogP contribution < -0.4 is 10.4 Å². The zero-order chi connectivity index (χ0) is 13.3. The van der Waals surface area contributed by atoms with E-state index in [1.54, 1.807) is 0 Å². The maximum atomic E-state index is 13.3. The molecule has 0 saturated carbocycles. The zero-order valence-electron chi connectivity index (χ0n) is 8.40. The lowest BCUT2D eigenvalue weighted by atomic mass is 10.3. The normalized spacial score (nSPS) is 11.6. The Morgan fingerprint density at radius 1 is 1.33 bits per heavy atom. The Balaban J connectivity index is 2.37. The Labute approximate surface area is 95.8 Å². The molecule has 0 radical (unpaired) electrons. The van der Waals surface area contributed by atoms with Crippen molar-refractivity contribution >= 4 is 0 Å². The number of alkyl halides is 3. The zero-order valence-corrected chi connectivity index (χ0v) is 8.40. The van der Waals surface area contributed by atoms with Crippen LogP contribution in [0.4, 0.5) is 17.6 Å². The number of rotatable bonds is 2. The molecule has 0 aliphatic carbocycles. The maximum absolute atomic E-state index is 13.3. The maximum Gasteiger partial charge on any atom is 0.573 e. The van der Waals surface area contributed by atoms with Gasteiger partial charge >= 0.3 is 12.1 Å². The molecule has 1 N–H and O–H groups in total. The summed E-state index contributed by atoms with van der Waals surface area (Å²) in [5.41, 5.74) is -0.834. The summed E-state index contributed by atoms with van der Waals surface area (Å²) < 4.78 is 53.1. The average molecular weight is 264 g/mol. The molecule has 1 aromatic heterocycles. The number of hydrogen-bond acceptors (Lipinski definition) is 4. The minimum atomic E-state index is -4.99. The topological polar surface area (TPSA) is 72.8 Å². The minimum absolute atomic E-state index is 0.0826. The lowest BCUT2D eigenvalue weighted by Gasteiger charge is -2.09. The van der Waals surface area contributed by atoms with Crippen LogP contribution >= 0.6 is 0 Å². The first-order chi connectivity index (χ1) is 8.37. The molecule has 0 bridgehead atoms. The van der Waals surface area contributed by atoms with Crippen LogP contribution in [0.15, 0.2) is 23.0 Å². The van der Waals surface area contributed by atoms with Gasteiger partial charge in [-0.05, 0) is 22.6 Å². The van der Waals surface area contributed by atoms with Gasteiger partial charge in [0.25, 0.3) is 0 Å². The highest BCUT2D eigenvalue weighted by Crippen LogP contribution is 2.26. The van der Waals surface area contributed by atoms with Crippen LogP contribution in [0.1, 0.15) is 0 Å². The Kier molecular flexibility index (Phi) is 2.77. The van der Waals surface area contributed by atoms with Crippen molar-refractivity contribution in [1.82, 2.24) is 20.2 Å². The Morgan fingerprint density at radius 3 is 2.56 bits per heavy atom. The highest BCUT2D eigenvalue weighted by Gasteiger charge is 2.32. The molecule has 0 aliphatic heterocycles. The Bertz CT molecular complexity index is 618. The summed E-state index contributed by atoms with van der Waals surface area (Å²) in [6, 6.07) is 2.44. The van der Waals surface area contributed by atoms with Crippen molar-refractivity contribution in [2.45, 2.75) is 6.36 Å². The van der Waals surface area contributed by atoms with Crippen molar-refractivity contribution in [1.29, 1.82) is 0 Å². The second-order valence-electron chi connectivity index (χ2n) is 3.08. The first kappa shape index (κ1) is 12.1. The standard InChI is InChI=1S/C8H4F4N4O2/c9-5-3-4(16-7(17)13-14-15-16)1-2-6(5)18-8(10,11)12/h1-3H,(H,13,15,17). The highest BCUT2D eigenvalue weighted by molar-refractivity contribution is 5.37. The van der Waals surface area contributed by atoms with Gasteiger partial charge in [0.2, 0.25) is 0 Å². The Morgan fingerprint density at radius 2 is 2.06 bits per heavy atom. The summed E-state index contributed by atoms with van der Waals surface area (Å²) in [6.45, 7) is 0. The molecule has 0 spiro atoms. The van der Waals surface area contributed by atoms with Gasteiger partial charge < -0.3 is 4.74 Å². The molecule has 1 heterocycles. The van der Waals surface area contributed by atoms with Crippen molar-refractivity contribution in [3.63, 3.8) is 0 Å². The summed E-state index contributed by atoms with van der Waals surface area (Å²) in [6.07, 6.45) is -4.99. The fourth-order valence-corrected chi connectivity index (χ4v) is 1.20. The molecule has 0 unspecified atom stereocenters. The molecule has 10 heteroatoms. The fourth-order valence-electron chi connectivity index (χ4n) is 1.20. The van der Waals surface area contributed by atoms with Crippen molar-refractivity contribution in [2.75, 3.05) is 0 Å². The molecule has 0 atom stereocenters. The number of ether oxygens (including phenoxy) is 1. The van der Waals surface area contributed by atoms with Gasteiger partial charge in [-0.25, -0.2) is 14.3 Å². The number of nitrogens with zero attached hydrogens (tertiary/aromatic N) is 3. The van der Waals surface area contributed by atoms with Gasteiger partial charge in [-0.3, -0.25) is 0 Å². The van der Waals surface area contributed by atoms with Crippen LogP contribution in [-0.4, -0.2) is 26.6 Å². The van der Waals surface area contributed by atoms with E-state index in [1.165, 1.54) is 0 Å². The van der Waals surface area contributed by atoms with Crippen LogP contribution in [0.2, 0.25) is 0 Å². The van der Waals surface area contributed by atoms with E-state index in [9.17, 15) is 22.4 Å². The third-order valence-electron chi connectivity index (χ3n) is 1.86. The van der Waals surface area contributed by atoms with E-state index in [4.69, 9.17) is 0 Å². The van der Waals surface area contributed by atoms with Crippen molar-refractivity contribution in [3.8, 4) is 11.4 Å². The molecule has 0 fully saturated rings. The number of nitrogens with one attached hydrogen (secondary N) is 1. The minimum Gasteiger partial charge on any atom is -0.403 e. The SMILES string of the molecule is O=c1[nH]nnn1-c1ccc(OC(F)(F)F)c(F)c1. The largest absolute Gasteiger partial charge is 0.573 e. The highest BCUT2D eigenvalue weighted by atomic mass is 19.4. The van der Waals surface area contributed by atoms with Gasteiger partial charge in [0.05, 0.1) is 5.69 Å². The molecule has 6 nitrogen and oxygen atoms in total. The summed E-state index contributed by atoms with van der Waals surface area (Å²) in [7, 11) is 0. The summed E-state index contributed by atoms with van der Waals surface area (Å²) in [5, 5.41) is 8.40. The lowest BCUT2D eigenvalue weighted by molar-refractivity contribution is -0.275. The molecule has 2 aromatic rings. The Hall–Kier alpha value is -2.39. The van der Waals surface area contributed by atoms with E-state index in [0.29, 0.717) is 10.7 Å². The van der Waals surface area contributed by atoms with Gasteiger partial charge in [0.15, 0.2) is 11.6 Å². The number of benzene rings is 1. The molecule has 96 valence electrons. The monoisotopic (exact) mass is 264 g/mol. The fraction of sp³-hybridized carbons (Fsp3) is 0.125. The molecule has 18 heavy (non-hydrogen) atoms. The van der Waals surface area contributed by atoms with E-state index in [0.717, 1.165) is 12.1 Å². The quantitative estimate of drug-likeness (QED) is 0.821. The molecule has 1 aromatic carbocycles. The third-order valence-corrected chi connectivity index (χ3v) is 1.86. The van der Waals surface area contributed by atoms with Gasteiger partial charge in [0.1, 0.15) is 0 Å². The van der Waals surface area contributed by atoms with Gasteiger partial charge in [0, 0.05) is 6.07 Å². The number of tetrazole rings is 1. The number of aromatic amines is 1. The molecular weight excluding hydrogens is 260 g/mol. The third kappa shape index (κ3) is 2.47. The van der Waals surface area contributed by atoms with Crippen molar-refractivity contribution < 1.29 is 22.3 Å². The van der Waals surface area contributed by atoms with Crippen LogP contribution in [0.5, 0.6) is 5.75 Å². The number of aromatic nitrogens is 4. The van der Waals surface area contributed by atoms with E-state index in [-0.39, 0.29) is 5.69 Å². The number of hydrogen-bond donors (Lipinski definition) is 1.